The van der Waals surface area contributed by atoms with E-state index in [0.29, 0.717) is 31.6 Å². The van der Waals surface area contributed by atoms with Crippen LogP contribution in [0, 0.1) is 6.92 Å². The van der Waals surface area contributed by atoms with Crippen molar-refractivity contribution >= 4 is 21.6 Å². The Hall–Kier alpha value is -0.990. The molecule has 0 aliphatic heterocycles. The summed E-state index contributed by atoms with van der Waals surface area (Å²) in [7, 11) is 2.04. The zero-order chi connectivity index (χ0) is 18.4. The summed E-state index contributed by atoms with van der Waals surface area (Å²) in [5.74, 6) is 0.546. The molecule has 5 nitrogen and oxygen atoms in total. The van der Waals surface area contributed by atoms with Gasteiger partial charge in [0.15, 0.2) is 0 Å². The fourth-order valence-corrected chi connectivity index (χ4v) is 3.15. The molecule has 0 radical (unpaired) electrons. The number of nitrogens with zero attached hydrogens (tertiary/aromatic N) is 2. The van der Waals surface area contributed by atoms with Crippen LogP contribution >= 0.6 is 15.9 Å². The zero-order valence-corrected chi connectivity index (χ0v) is 16.5. The van der Waals surface area contributed by atoms with E-state index in [1.54, 1.807) is 0 Å². The van der Waals surface area contributed by atoms with Crippen LogP contribution < -0.4 is 10.1 Å². The Morgan fingerprint density at radius 3 is 2.56 bits per heavy atom. The normalized spacial score (nSPS) is 21.0. The van der Waals surface area contributed by atoms with Crippen molar-refractivity contribution in [1.29, 1.82) is 0 Å². The van der Waals surface area contributed by atoms with E-state index in [4.69, 9.17) is 4.74 Å². The molecule has 1 aromatic heterocycles. The largest absolute Gasteiger partial charge is 0.474 e. The predicted molar refractivity (Wildman–Crippen MR) is 97.2 cm³/mol. The number of nitrogens with one attached hydrogen (secondary N) is 1. The standard InChI is InChI=1S/C17H26BrF2N3O2/c1-4-23(3)10-21-15-9-14(18)16(22-11(15)2)24-12-5-7-13(8-6-12)25-17(19)20/h9,12-13,17,21H,4-8,10H2,1-3H3. The number of hydrogen-bond donors (Lipinski definition) is 1. The lowest BCUT2D eigenvalue weighted by atomic mass is 9.95. The molecule has 0 spiro atoms. The van der Waals surface area contributed by atoms with Crippen LogP contribution in [0.4, 0.5) is 14.5 Å². The van der Waals surface area contributed by atoms with E-state index in [1.165, 1.54) is 0 Å². The van der Waals surface area contributed by atoms with Crippen LogP contribution in [-0.4, -0.2) is 49.0 Å². The van der Waals surface area contributed by atoms with Crippen LogP contribution in [-0.2, 0) is 4.74 Å². The monoisotopic (exact) mass is 421 g/mol. The highest BCUT2D eigenvalue weighted by atomic mass is 79.9. The Balaban J connectivity index is 1.91. The van der Waals surface area contributed by atoms with Crippen LogP contribution in [0.15, 0.2) is 10.5 Å². The van der Waals surface area contributed by atoms with E-state index >= 15 is 0 Å². The second-order valence-electron chi connectivity index (χ2n) is 6.33. The van der Waals surface area contributed by atoms with E-state index in [0.717, 1.165) is 29.1 Å². The third kappa shape index (κ3) is 6.34. The van der Waals surface area contributed by atoms with Gasteiger partial charge in [-0.2, -0.15) is 8.78 Å². The Kier molecular flexibility index (Phi) is 7.83. The quantitative estimate of drug-likeness (QED) is 0.630. The fourth-order valence-electron chi connectivity index (χ4n) is 2.74. The van der Waals surface area contributed by atoms with Gasteiger partial charge in [-0.3, -0.25) is 4.90 Å². The lowest BCUT2D eigenvalue weighted by Gasteiger charge is -2.28. The molecular weight excluding hydrogens is 396 g/mol. The molecule has 1 heterocycles. The first-order valence-electron chi connectivity index (χ1n) is 8.58. The molecule has 2 rings (SSSR count). The Morgan fingerprint density at radius 1 is 1.32 bits per heavy atom. The van der Waals surface area contributed by atoms with Crippen molar-refractivity contribution < 1.29 is 18.3 Å². The molecule has 1 aliphatic rings. The molecule has 0 bridgehead atoms. The van der Waals surface area contributed by atoms with Gasteiger partial charge in [0.1, 0.15) is 6.10 Å². The smallest absolute Gasteiger partial charge is 0.345 e. The molecule has 1 aliphatic carbocycles. The van der Waals surface area contributed by atoms with E-state index in [1.807, 2.05) is 20.0 Å². The third-order valence-electron chi connectivity index (χ3n) is 4.41. The molecule has 1 aromatic rings. The summed E-state index contributed by atoms with van der Waals surface area (Å²) in [6, 6.07) is 1.96. The molecule has 25 heavy (non-hydrogen) atoms. The van der Waals surface area contributed by atoms with Crippen LogP contribution in [0.1, 0.15) is 38.3 Å². The maximum absolute atomic E-state index is 12.3. The van der Waals surface area contributed by atoms with Gasteiger partial charge >= 0.3 is 6.61 Å². The Morgan fingerprint density at radius 2 is 1.96 bits per heavy atom. The highest BCUT2D eigenvalue weighted by Crippen LogP contribution is 2.32. The topological polar surface area (TPSA) is 46.6 Å². The number of halogens is 3. The minimum absolute atomic E-state index is 0.0224. The second-order valence-corrected chi connectivity index (χ2v) is 7.18. The molecule has 0 unspecified atom stereocenters. The first kappa shape index (κ1) is 20.3. The van der Waals surface area contributed by atoms with Gasteiger partial charge in [-0.05, 0) is 68.2 Å². The Bertz CT molecular complexity index is 555. The van der Waals surface area contributed by atoms with Crippen molar-refractivity contribution in [1.82, 2.24) is 9.88 Å². The molecular formula is C17H26BrF2N3O2. The highest BCUT2D eigenvalue weighted by Gasteiger charge is 2.26. The number of aromatic nitrogens is 1. The van der Waals surface area contributed by atoms with Crippen LogP contribution in [0.3, 0.4) is 0 Å². The molecule has 8 heteroatoms. The summed E-state index contributed by atoms with van der Waals surface area (Å²) < 4.78 is 35.9. The molecule has 1 fully saturated rings. The van der Waals surface area contributed by atoms with Crippen molar-refractivity contribution in [2.75, 3.05) is 25.6 Å². The summed E-state index contributed by atoms with van der Waals surface area (Å²) in [5.41, 5.74) is 1.81. The average molecular weight is 422 g/mol. The van der Waals surface area contributed by atoms with E-state index in [9.17, 15) is 8.78 Å². The van der Waals surface area contributed by atoms with Gasteiger partial charge in [0.05, 0.1) is 28.6 Å². The lowest BCUT2D eigenvalue weighted by Crippen LogP contribution is -2.29. The van der Waals surface area contributed by atoms with E-state index in [-0.39, 0.29) is 12.2 Å². The first-order chi connectivity index (χ1) is 11.9. The summed E-state index contributed by atoms with van der Waals surface area (Å²) in [6.45, 7) is 3.02. The number of anilines is 1. The fraction of sp³-hybridized carbons (Fsp3) is 0.706. The van der Waals surface area contributed by atoms with Crippen LogP contribution in [0.25, 0.3) is 0 Å². The SMILES string of the molecule is CCN(C)CNc1cc(Br)c(OC2CCC(OC(F)F)CC2)nc1C. The molecule has 1 N–H and O–H groups in total. The number of rotatable bonds is 8. The number of ether oxygens (including phenoxy) is 2. The summed E-state index contributed by atoms with van der Waals surface area (Å²) in [5, 5.41) is 3.35. The minimum Gasteiger partial charge on any atom is -0.474 e. The van der Waals surface area contributed by atoms with E-state index in [2.05, 4.69) is 42.8 Å². The molecule has 0 atom stereocenters. The van der Waals surface area contributed by atoms with Crippen molar-refractivity contribution in [2.24, 2.45) is 0 Å². The number of alkyl halides is 2. The highest BCUT2D eigenvalue weighted by molar-refractivity contribution is 9.10. The molecule has 0 amide bonds. The minimum atomic E-state index is -2.70. The van der Waals surface area contributed by atoms with Gasteiger partial charge in [-0.15, -0.1) is 0 Å². The van der Waals surface area contributed by atoms with E-state index < -0.39 is 6.61 Å². The number of hydrogen-bond acceptors (Lipinski definition) is 5. The van der Waals surface area contributed by atoms with Gasteiger partial charge in [-0.1, -0.05) is 6.92 Å². The molecule has 0 saturated heterocycles. The third-order valence-corrected chi connectivity index (χ3v) is 4.98. The van der Waals surface area contributed by atoms with Gasteiger partial charge in [0.25, 0.3) is 0 Å². The maximum atomic E-state index is 12.3. The summed E-state index contributed by atoms with van der Waals surface area (Å²) in [4.78, 5) is 6.69. The number of aryl methyl sites for hydroxylation is 1. The average Bonchev–Trinajstić information content (AvgIpc) is 2.57. The summed E-state index contributed by atoms with van der Waals surface area (Å²) >= 11 is 3.51. The molecule has 1 saturated carbocycles. The van der Waals surface area contributed by atoms with Crippen LogP contribution in [0.2, 0.25) is 0 Å². The Labute approximate surface area is 156 Å². The number of pyridine rings is 1. The first-order valence-corrected chi connectivity index (χ1v) is 9.38. The summed E-state index contributed by atoms with van der Waals surface area (Å²) in [6.07, 6.45) is 2.13. The zero-order valence-electron chi connectivity index (χ0n) is 14.9. The second kappa shape index (κ2) is 9.64. The van der Waals surface area contributed by atoms with Gasteiger partial charge in [0, 0.05) is 0 Å². The maximum Gasteiger partial charge on any atom is 0.345 e. The van der Waals surface area contributed by atoms with Gasteiger partial charge in [0.2, 0.25) is 5.88 Å². The predicted octanol–water partition coefficient (Wildman–Crippen LogP) is 4.40. The van der Waals surface area contributed by atoms with Crippen molar-refractivity contribution in [3.8, 4) is 5.88 Å². The van der Waals surface area contributed by atoms with Gasteiger partial charge < -0.3 is 14.8 Å². The lowest BCUT2D eigenvalue weighted by molar-refractivity contribution is -0.173. The molecule has 0 aromatic carbocycles. The van der Waals surface area contributed by atoms with Crippen molar-refractivity contribution in [3.63, 3.8) is 0 Å². The van der Waals surface area contributed by atoms with Crippen LogP contribution in [0.5, 0.6) is 5.88 Å². The molecule has 142 valence electrons. The van der Waals surface area contributed by atoms with Crippen molar-refractivity contribution in [3.05, 3.63) is 16.2 Å². The van der Waals surface area contributed by atoms with Gasteiger partial charge in [-0.25, -0.2) is 4.98 Å². The van der Waals surface area contributed by atoms with Crippen molar-refractivity contribution in [2.45, 2.75) is 58.4 Å².